The molecule has 1 fully saturated rings. The minimum absolute atomic E-state index is 0.161. The maximum atomic E-state index is 12.0. The molecule has 3 atom stereocenters. The van der Waals surface area contributed by atoms with Crippen LogP contribution in [0.25, 0.3) is 0 Å². The van der Waals surface area contributed by atoms with Crippen molar-refractivity contribution in [3.05, 3.63) is 0 Å². The van der Waals surface area contributed by atoms with Crippen molar-refractivity contribution in [2.45, 2.75) is 64.2 Å². The molecule has 0 unspecified atom stereocenters. The number of esters is 1. The molecule has 22 heavy (non-hydrogen) atoms. The molecule has 0 bridgehead atoms. The van der Waals surface area contributed by atoms with Crippen molar-refractivity contribution in [1.82, 2.24) is 4.72 Å². The van der Waals surface area contributed by atoms with E-state index in [9.17, 15) is 18.3 Å². The van der Waals surface area contributed by atoms with Gasteiger partial charge in [-0.3, -0.25) is 4.79 Å². The van der Waals surface area contributed by atoms with E-state index in [1.807, 2.05) is 6.07 Å². The minimum atomic E-state index is -3.57. The largest absolute Gasteiger partial charge is 0.460 e. The van der Waals surface area contributed by atoms with Gasteiger partial charge in [0, 0.05) is 12.5 Å². The molecule has 8 heteroatoms. The number of carbonyl (C=O) groups is 1. The first-order chi connectivity index (χ1) is 10.0. The summed E-state index contributed by atoms with van der Waals surface area (Å²) in [5.41, 5.74) is -0.614. The van der Waals surface area contributed by atoms with Gasteiger partial charge < -0.3 is 9.84 Å². The van der Waals surface area contributed by atoms with Crippen LogP contribution in [0, 0.1) is 17.2 Å². The summed E-state index contributed by atoms with van der Waals surface area (Å²) in [6.45, 7) is 5.27. The molecular formula is C14H24N2O5S. The van der Waals surface area contributed by atoms with Crippen LogP contribution in [0.1, 0.15) is 46.5 Å². The Bertz CT molecular complexity index is 532. The molecule has 1 aliphatic carbocycles. The number of nitriles is 1. The second-order valence-corrected chi connectivity index (χ2v) is 8.45. The summed E-state index contributed by atoms with van der Waals surface area (Å²) in [5, 5.41) is 18.4. The fourth-order valence-electron chi connectivity index (χ4n) is 2.35. The summed E-state index contributed by atoms with van der Waals surface area (Å²) in [5.74, 6) is -1.10. The monoisotopic (exact) mass is 332 g/mol. The molecule has 7 nitrogen and oxygen atoms in total. The fraction of sp³-hybridized carbons (Fsp3) is 0.857. The van der Waals surface area contributed by atoms with Gasteiger partial charge in [-0.1, -0.05) is 0 Å². The lowest BCUT2D eigenvalue weighted by atomic mass is 10.1. The lowest BCUT2D eigenvalue weighted by molar-refractivity contribution is -0.160. The Balaban J connectivity index is 2.57. The third kappa shape index (κ3) is 6.30. The Kier molecular flexibility index (Phi) is 6.35. The molecule has 0 spiro atoms. The van der Waals surface area contributed by atoms with Crippen molar-refractivity contribution >= 4 is 16.0 Å². The summed E-state index contributed by atoms with van der Waals surface area (Å²) in [4.78, 5) is 12.0. The molecule has 0 aromatic rings. The van der Waals surface area contributed by atoms with Crippen molar-refractivity contribution in [1.29, 1.82) is 5.26 Å². The molecule has 0 aromatic heterocycles. The molecule has 0 aromatic carbocycles. The number of ether oxygens (including phenoxy) is 1. The van der Waals surface area contributed by atoms with Crippen LogP contribution in [0.2, 0.25) is 0 Å². The number of aliphatic hydroxyl groups excluding tert-OH is 1. The number of carbonyl (C=O) groups excluding carboxylic acids is 1. The van der Waals surface area contributed by atoms with Crippen LogP contribution >= 0.6 is 0 Å². The van der Waals surface area contributed by atoms with Crippen molar-refractivity contribution in [3.8, 4) is 6.07 Å². The molecule has 0 aliphatic heterocycles. The molecule has 2 N–H and O–H groups in total. The predicted octanol–water partition coefficient (Wildman–Crippen LogP) is 0.691. The number of hydrogen-bond acceptors (Lipinski definition) is 6. The summed E-state index contributed by atoms with van der Waals surface area (Å²) >= 11 is 0. The first-order valence-electron chi connectivity index (χ1n) is 7.32. The van der Waals surface area contributed by atoms with Crippen molar-refractivity contribution in [3.63, 3.8) is 0 Å². The molecule has 126 valence electrons. The van der Waals surface area contributed by atoms with Gasteiger partial charge >= 0.3 is 5.97 Å². The number of rotatable bonds is 6. The third-order valence-electron chi connectivity index (χ3n) is 3.30. The van der Waals surface area contributed by atoms with E-state index in [2.05, 4.69) is 4.72 Å². The molecule has 1 rings (SSSR count). The summed E-state index contributed by atoms with van der Waals surface area (Å²) < 4.78 is 31.4. The maximum absolute atomic E-state index is 12.0. The maximum Gasteiger partial charge on any atom is 0.309 e. The van der Waals surface area contributed by atoms with E-state index in [1.165, 1.54) is 0 Å². The van der Waals surface area contributed by atoms with Crippen LogP contribution in [0.15, 0.2) is 0 Å². The van der Waals surface area contributed by atoms with Gasteiger partial charge in [-0.05, 0) is 40.0 Å². The smallest absolute Gasteiger partial charge is 0.309 e. The lowest BCUT2D eigenvalue weighted by Gasteiger charge is -2.22. The van der Waals surface area contributed by atoms with Crippen molar-refractivity contribution < 1.29 is 23.1 Å². The van der Waals surface area contributed by atoms with E-state index in [0.717, 1.165) is 0 Å². The van der Waals surface area contributed by atoms with E-state index in [-0.39, 0.29) is 31.4 Å². The van der Waals surface area contributed by atoms with E-state index in [4.69, 9.17) is 10.00 Å². The molecule has 0 radical (unpaired) electrons. The van der Waals surface area contributed by atoms with Gasteiger partial charge in [0.05, 0.1) is 23.8 Å². The lowest BCUT2D eigenvalue weighted by Crippen LogP contribution is -2.41. The highest BCUT2D eigenvalue weighted by Gasteiger charge is 2.40. The standard InChI is InChI=1S/C14H24N2O5S/c1-14(2,3)21-13(18)10-8-11(12(17)9-10)16-22(19,20)7-5-4-6-15/h10-12,16-17H,4-5,7-9H2,1-3H3/t10-,11-,12-/m0/s1. The number of unbranched alkanes of at least 4 members (excludes halogenated alkanes) is 1. The second-order valence-electron chi connectivity index (χ2n) is 6.57. The normalized spacial score (nSPS) is 25.7. The van der Waals surface area contributed by atoms with Crippen LogP contribution in [0.3, 0.4) is 0 Å². The van der Waals surface area contributed by atoms with Crippen LogP contribution in [-0.4, -0.2) is 43.0 Å². The van der Waals surface area contributed by atoms with E-state index >= 15 is 0 Å². The second kappa shape index (κ2) is 7.40. The zero-order chi connectivity index (χ0) is 17.0. The molecule has 0 heterocycles. The fourth-order valence-corrected chi connectivity index (χ4v) is 3.71. The summed E-state index contributed by atoms with van der Waals surface area (Å²) in [6, 6.07) is 1.19. The number of nitrogens with zero attached hydrogens (tertiary/aromatic N) is 1. The van der Waals surface area contributed by atoms with Crippen LogP contribution in [-0.2, 0) is 19.6 Å². The number of hydrogen-bond donors (Lipinski definition) is 2. The SMILES string of the molecule is CC(C)(C)OC(=O)[C@H]1C[C@H](NS(=O)(=O)CCCC#N)[C@@H](O)C1. The minimum Gasteiger partial charge on any atom is -0.460 e. The Hall–Kier alpha value is -1.17. The van der Waals surface area contributed by atoms with Crippen LogP contribution in [0.5, 0.6) is 0 Å². The predicted molar refractivity (Wildman–Crippen MR) is 80.1 cm³/mol. The van der Waals surface area contributed by atoms with Gasteiger partial charge in [-0.25, -0.2) is 13.1 Å². The zero-order valence-electron chi connectivity index (χ0n) is 13.2. The number of aliphatic hydroxyl groups is 1. The summed E-state index contributed by atoms with van der Waals surface area (Å²) in [7, 11) is -3.57. The Labute approximate surface area is 131 Å². The Morgan fingerprint density at radius 3 is 2.59 bits per heavy atom. The Morgan fingerprint density at radius 2 is 2.05 bits per heavy atom. The van der Waals surface area contributed by atoms with Gasteiger partial charge in [0.1, 0.15) is 5.60 Å². The van der Waals surface area contributed by atoms with E-state index in [1.54, 1.807) is 20.8 Å². The van der Waals surface area contributed by atoms with Crippen LogP contribution < -0.4 is 4.72 Å². The molecule has 1 aliphatic rings. The quantitative estimate of drug-likeness (QED) is 0.546. The topological polar surface area (TPSA) is 116 Å². The number of sulfonamides is 1. The van der Waals surface area contributed by atoms with Gasteiger partial charge in [0.2, 0.25) is 10.0 Å². The average Bonchev–Trinajstić information content (AvgIpc) is 2.68. The number of nitrogens with one attached hydrogen (secondary N) is 1. The molecule has 0 amide bonds. The van der Waals surface area contributed by atoms with Crippen LogP contribution in [0.4, 0.5) is 0 Å². The van der Waals surface area contributed by atoms with E-state index < -0.39 is 39.7 Å². The highest BCUT2D eigenvalue weighted by atomic mass is 32.2. The highest BCUT2D eigenvalue weighted by molar-refractivity contribution is 7.89. The first-order valence-corrected chi connectivity index (χ1v) is 8.97. The van der Waals surface area contributed by atoms with Crippen molar-refractivity contribution in [2.24, 2.45) is 5.92 Å². The van der Waals surface area contributed by atoms with E-state index in [0.29, 0.717) is 0 Å². The van der Waals surface area contributed by atoms with Crippen molar-refractivity contribution in [2.75, 3.05) is 5.75 Å². The zero-order valence-corrected chi connectivity index (χ0v) is 14.0. The Morgan fingerprint density at radius 1 is 1.41 bits per heavy atom. The molecular weight excluding hydrogens is 308 g/mol. The molecule has 0 saturated heterocycles. The molecule has 1 saturated carbocycles. The van der Waals surface area contributed by atoms with Gasteiger partial charge in [0.15, 0.2) is 0 Å². The third-order valence-corrected chi connectivity index (χ3v) is 4.79. The summed E-state index contributed by atoms with van der Waals surface area (Å²) in [6.07, 6.45) is -0.115. The van der Waals surface area contributed by atoms with Gasteiger partial charge in [-0.2, -0.15) is 5.26 Å². The van der Waals surface area contributed by atoms with Gasteiger partial charge in [-0.15, -0.1) is 0 Å². The highest BCUT2D eigenvalue weighted by Crippen LogP contribution is 2.29. The van der Waals surface area contributed by atoms with Gasteiger partial charge in [0.25, 0.3) is 0 Å². The average molecular weight is 332 g/mol. The first kappa shape index (κ1) is 18.9.